The highest BCUT2D eigenvalue weighted by molar-refractivity contribution is 5.91. The molecule has 144 valence electrons. The molecule has 2 aromatic carbocycles. The van der Waals surface area contributed by atoms with Gasteiger partial charge in [0.05, 0.1) is 31.4 Å². The van der Waals surface area contributed by atoms with Gasteiger partial charge in [0.25, 0.3) is 0 Å². The zero-order valence-corrected chi connectivity index (χ0v) is 15.9. The Morgan fingerprint density at radius 3 is 2.71 bits per heavy atom. The molecular formula is C21H22N4O3. The number of ether oxygens (including phenoxy) is 2. The molecule has 2 heterocycles. The highest BCUT2D eigenvalue weighted by Crippen LogP contribution is 2.36. The van der Waals surface area contributed by atoms with Gasteiger partial charge in [-0.25, -0.2) is 4.98 Å². The number of para-hydroxylation sites is 2. The molecule has 0 bridgehead atoms. The smallest absolute Gasteiger partial charge is 0.227 e. The van der Waals surface area contributed by atoms with Crippen molar-refractivity contribution in [2.45, 2.75) is 18.9 Å². The first-order valence-electron chi connectivity index (χ1n) is 9.17. The second kappa shape index (κ2) is 7.82. The lowest BCUT2D eigenvalue weighted by Crippen LogP contribution is -2.32. The van der Waals surface area contributed by atoms with Crippen molar-refractivity contribution < 1.29 is 14.3 Å². The summed E-state index contributed by atoms with van der Waals surface area (Å²) in [5.41, 5.74) is 3.77. The van der Waals surface area contributed by atoms with Crippen molar-refractivity contribution in [2.75, 3.05) is 26.1 Å². The highest BCUT2D eigenvalue weighted by Gasteiger charge is 2.24. The van der Waals surface area contributed by atoms with Gasteiger partial charge in [0.2, 0.25) is 5.91 Å². The number of amides is 1. The van der Waals surface area contributed by atoms with Crippen LogP contribution < -0.4 is 20.1 Å². The number of carbonyl (C=O) groups excluding carboxylic acids is 1. The van der Waals surface area contributed by atoms with E-state index in [0.717, 1.165) is 29.6 Å². The molecule has 4 rings (SSSR count). The summed E-state index contributed by atoms with van der Waals surface area (Å²) in [7, 11) is 3.24. The number of nitrogens with zero attached hydrogens (tertiary/aromatic N) is 2. The van der Waals surface area contributed by atoms with E-state index in [4.69, 9.17) is 9.47 Å². The molecule has 1 unspecified atom stereocenters. The van der Waals surface area contributed by atoms with E-state index in [2.05, 4.69) is 20.6 Å². The monoisotopic (exact) mass is 378 g/mol. The minimum atomic E-state index is -0.121. The Balaban J connectivity index is 1.52. The number of benzene rings is 2. The summed E-state index contributed by atoms with van der Waals surface area (Å²) in [6, 6.07) is 11.4. The maximum absolute atomic E-state index is 12.6. The lowest BCUT2D eigenvalue weighted by atomic mass is 9.91. The van der Waals surface area contributed by atoms with Gasteiger partial charge in [-0.3, -0.25) is 9.78 Å². The first-order chi connectivity index (χ1) is 13.7. The van der Waals surface area contributed by atoms with Crippen LogP contribution in [0.4, 0.5) is 5.82 Å². The molecule has 0 saturated heterocycles. The summed E-state index contributed by atoms with van der Waals surface area (Å²) in [6.07, 6.45) is 2.75. The van der Waals surface area contributed by atoms with Gasteiger partial charge in [0.1, 0.15) is 0 Å². The van der Waals surface area contributed by atoms with Crippen molar-refractivity contribution in [1.82, 2.24) is 15.3 Å². The predicted octanol–water partition coefficient (Wildman–Crippen LogP) is 2.86. The van der Waals surface area contributed by atoms with Gasteiger partial charge in [-0.15, -0.1) is 0 Å². The molecule has 1 aliphatic heterocycles. The van der Waals surface area contributed by atoms with Gasteiger partial charge in [0.15, 0.2) is 17.3 Å². The number of anilines is 1. The van der Waals surface area contributed by atoms with Crippen molar-refractivity contribution >= 4 is 22.8 Å². The molecule has 28 heavy (non-hydrogen) atoms. The molecule has 0 saturated carbocycles. The van der Waals surface area contributed by atoms with Crippen LogP contribution >= 0.6 is 0 Å². The average Bonchev–Trinajstić information content (AvgIpc) is 2.72. The third-order valence-electron chi connectivity index (χ3n) is 4.91. The van der Waals surface area contributed by atoms with E-state index < -0.39 is 0 Å². The molecule has 0 aliphatic carbocycles. The number of hydrogen-bond donors (Lipinski definition) is 2. The van der Waals surface area contributed by atoms with E-state index in [9.17, 15) is 4.79 Å². The molecule has 7 heteroatoms. The molecular weight excluding hydrogens is 356 g/mol. The number of rotatable bonds is 5. The van der Waals surface area contributed by atoms with E-state index in [1.807, 2.05) is 36.4 Å². The number of methoxy groups -OCH3 is 2. The van der Waals surface area contributed by atoms with Crippen molar-refractivity contribution in [3.05, 3.63) is 53.7 Å². The molecule has 1 aliphatic rings. The Kier molecular flexibility index (Phi) is 5.08. The van der Waals surface area contributed by atoms with Gasteiger partial charge >= 0.3 is 0 Å². The number of hydrogen-bond acceptors (Lipinski definition) is 6. The largest absolute Gasteiger partial charge is 0.493 e. The number of nitrogens with one attached hydrogen (secondary N) is 2. The fraction of sp³-hybridized carbons (Fsp3) is 0.286. The Hall–Kier alpha value is -3.19. The summed E-state index contributed by atoms with van der Waals surface area (Å²) in [6.45, 7) is 0.802. The van der Waals surface area contributed by atoms with Crippen LogP contribution in [0.5, 0.6) is 11.5 Å². The lowest BCUT2D eigenvalue weighted by Gasteiger charge is -2.27. The normalized spacial score (nSPS) is 15.7. The number of carbonyl (C=O) groups is 1. The second-order valence-electron chi connectivity index (χ2n) is 6.66. The molecule has 0 radical (unpaired) electrons. The zero-order valence-electron chi connectivity index (χ0n) is 15.9. The standard InChI is InChI=1S/C21H22N4O3/c1-27-18-9-13-7-8-22-17(14(13)10-19(18)28-2)11-21(26)25-20-12-23-15-5-3-4-6-16(15)24-20/h3-6,9-10,12,17,22H,7-8,11H2,1-2H3,(H,24,25,26). The van der Waals surface area contributed by atoms with Crippen molar-refractivity contribution in [2.24, 2.45) is 0 Å². The van der Waals surface area contributed by atoms with Gasteiger partial charge in [-0.1, -0.05) is 12.1 Å². The first-order valence-corrected chi connectivity index (χ1v) is 9.17. The van der Waals surface area contributed by atoms with E-state index >= 15 is 0 Å². The summed E-state index contributed by atoms with van der Waals surface area (Å²) < 4.78 is 10.8. The minimum absolute atomic E-state index is 0.100. The molecule has 1 aromatic heterocycles. The van der Waals surface area contributed by atoms with Crippen LogP contribution in [0, 0.1) is 0 Å². The lowest BCUT2D eigenvalue weighted by molar-refractivity contribution is -0.116. The third kappa shape index (κ3) is 3.61. The molecule has 3 aromatic rings. The summed E-state index contributed by atoms with van der Waals surface area (Å²) in [5.74, 6) is 1.70. The predicted molar refractivity (Wildman–Crippen MR) is 107 cm³/mol. The summed E-state index contributed by atoms with van der Waals surface area (Å²) >= 11 is 0. The second-order valence-corrected chi connectivity index (χ2v) is 6.66. The topological polar surface area (TPSA) is 85.4 Å². The van der Waals surface area contributed by atoms with E-state index in [1.165, 1.54) is 5.56 Å². The van der Waals surface area contributed by atoms with Crippen LogP contribution in [-0.4, -0.2) is 36.6 Å². The van der Waals surface area contributed by atoms with Crippen LogP contribution in [0.15, 0.2) is 42.6 Å². The fourth-order valence-corrected chi connectivity index (χ4v) is 3.55. The fourth-order valence-electron chi connectivity index (χ4n) is 3.55. The Labute approximate surface area is 163 Å². The van der Waals surface area contributed by atoms with Crippen LogP contribution in [0.1, 0.15) is 23.6 Å². The first kappa shape index (κ1) is 18.2. The summed E-state index contributed by atoms with van der Waals surface area (Å²) in [4.78, 5) is 21.4. The third-order valence-corrected chi connectivity index (χ3v) is 4.91. The number of aromatic nitrogens is 2. The number of fused-ring (bicyclic) bond motifs is 2. The van der Waals surface area contributed by atoms with Crippen LogP contribution in [0.3, 0.4) is 0 Å². The Morgan fingerprint density at radius 1 is 1.18 bits per heavy atom. The maximum atomic E-state index is 12.6. The van der Waals surface area contributed by atoms with Crippen molar-refractivity contribution in [1.29, 1.82) is 0 Å². The van der Waals surface area contributed by atoms with Gasteiger partial charge < -0.3 is 20.1 Å². The van der Waals surface area contributed by atoms with E-state index in [0.29, 0.717) is 17.3 Å². The molecule has 1 amide bonds. The van der Waals surface area contributed by atoms with Crippen molar-refractivity contribution in [3.8, 4) is 11.5 Å². The molecule has 1 atom stereocenters. The quantitative estimate of drug-likeness (QED) is 0.710. The highest BCUT2D eigenvalue weighted by atomic mass is 16.5. The zero-order chi connectivity index (χ0) is 19.5. The van der Waals surface area contributed by atoms with Gasteiger partial charge in [-0.05, 0) is 48.4 Å². The van der Waals surface area contributed by atoms with Crippen LogP contribution in [0.25, 0.3) is 11.0 Å². The van der Waals surface area contributed by atoms with E-state index in [1.54, 1.807) is 20.4 Å². The van der Waals surface area contributed by atoms with Crippen LogP contribution in [-0.2, 0) is 11.2 Å². The SMILES string of the molecule is COc1cc2c(cc1OC)C(CC(=O)Nc1cnc3ccccc3n1)NCC2. The minimum Gasteiger partial charge on any atom is -0.493 e. The summed E-state index contributed by atoms with van der Waals surface area (Å²) in [5, 5.41) is 6.27. The van der Waals surface area contributed by atoms with Crippen LogP contribution in [0.2, 0.25) is 0 Å². The Bertz CT molecular complexity index is 1020. The van der Waals surface area contributed by atoms with Crippen molar-refractivity contribution in [3.63, 3.8) is 0 Å². The molecule has 0 spiro atoms. The van der Waals surface area contributed by atoms with E-state index in [-0.39, 0.29) is 18.4 Å². The van der Waals surface area contributed by atoms with Gasteiger partial charge in [0, 0.05) is 12.5 Å². The Morgan fingerprint density at radius 2 is 1.93 bits per heavy atom. The molecule has 7 nitrogen and oxygen atoms in total. The molecule has 0 fully saturated rings. The maximum Gasteiger partial charge on any atom is 0.227 e. The van der Waals surface area contributed by atoms with Gasteiger partial charge in [-0.2, -0.15) is 0 Å². The molecule has 2 N–H and O–H groups in total. The average molecular weight is 378 g/mol.